The maximum absolute atomic E-state index is 11.9. The lowest BCUT2D eigenvalue weighted by molar-refractivity contribution is 0.256. The van der Waals surface area contributed by atoms with Crippen LogP contribution >= 0.6 is 23.2 Å². The average molecular weight is 359 g/mol. The summed E-state index contributed by atoms with van der Waals surface area (Å²) >= 11 is 11.6. The van der Waals surface area contributed by atoms with Gasteiger partial charge in [-0.15, -0.1) is 0 Å². The van der Waals surface area contributed by atoms with E-state index in [2.05, 4.69) is 5.32 Å². The van der Waals surface area contributed by atoms with E-state index >= 15 is 0 Å². The molecule has 116 valence electrons. The lowest BCUT2D eigenvalue weighted by Crippen LogP contribution is -2.35. The lowest BCUT2D eigenvalue weighted by atomic mass is 10.2. The number of anilines is 1. The summed E-state index contributed by atoms with van der Waals surface area (Å²) in [7, 11) is -3.79. The van der Waals surface area contributed by atoms with E-state index in [4.69, 9.17) is 23.2 Å². The second-order valence-corrected chi connectivity index (χ2v) is 6.97. The van der Waals surface area contributed by atoms with Crippen molar-refractivity contribution in [3.8, 4) is 0 Å². The summed E-state index contributed by atoms with van der Waals surface area (Å²) in [6, 6.07) is 12.1. The van der Waals surface area contributed by atoms with Crippen LogP contribution in [0.5, 0.6) is 0 Å². The molecule has 8 heteroatoms. The van der Waals surface area contributed by atoms with Crippen molar-refractivity contribution in [1.29, 1.82) is 0 Å². The molecule has 2 aromatic rings. The topological polar surface area (TPSA) is 75.3 Å². The lowest BCUT2D eigenvalue weighted by Gasteiger charge is -2.09. The fraction of sp³-hybridized carbons (Fsp3) is 0.0714. The molecule has 2 N–H and O–H groups in total. The first kappa shape index (κ1) is 16.6. The van der Waals surface area contributed by atoms with Gasteiger partial charge in [0.2, 0.25) is 10.0 Å². The van der Waals surface area contributed by atoms with Crippen molar-refractivity contribution in [3.05, 3.63) is 64.1 Å². The smallest absolute Gasteiger partial charge is 0.307 e. The number of amides is 2. The molecule has 0 fully saturated rings. The van der Waals surface area contributed by atoms with E-state index in [1.54, 1.807) is 30.3 Å². The van der Waals surface area contributed by atoms with Crippen molar-refractivity contribution in [3.63, 3.8) is 0 Å². The van der Waals surface area contributed by atoms with Gasteiger partial charge in [0.1, 0.15) is 0 Å². The Labute approximate surface area is 138 Å². The van der Waals surface area contributed by atoms with Crippen molar-refractivity contribution >= 4 is 44.9 Å². The van der Waals surface area contributed by atoms with Gasteiger partial charge in [-0.05, 0) is 23.8 Å². The predicted molar refractivity (Wildman–Crippen MR) is 87.7 cm³/mol. The van der Waals surface area contributed by atoms with Gasteiger partial charge in [0.05, 0.1) is 15.8 Å². The molecule has 0 aromatic heterocycles. The van der Waals surface area contributed by atoms with Gasteiger partial charge in [-0.1, -0.05) is 53.5 Å². The third-order valence-corrected chi connectivity index (χ3v) is 4.57. The van der Waals surface area contributed by atoms with Crippen LogP contribution in [0.15, 0.2) is 48.5 Å². The summed E-state index contributed by atoms with van der Waals surface area (Å²) in [4.78, 5) is 11.7. The SMILES string of the molecule is O=C(Nc1ccc(Cl)c(Cl)c1)NS(=O)(=O)Cc1ccccc1. The fourth-order valence-electron chi connectivity index (χ4n) is 1.70. The van der Waals surface area contributed by atoms with E-state index in [1.165, 1.54) is 18.2 Å². The Bertz CT molecular complexity index is 780. The summed E-state index contributed by atoms with van der Waals surface area (Å²) in [6.07, 6.45) is 0. The molecule has 0 saturated heterocycles. The standard InChI is InChI=1S/C14H12Cl2N2O3S/c15-12-7-6-11(8-13(12)16)17-14(19)18-22(20,21)9-10-4-2-1-3-5-10/h1-8H,9H2,(H2,17,18,19). The van der Waals surface area contributed by atoms with Gasteiger partial charge in [0, 0.05) is 5.69 Å². The molecule has 0 heterocycles. The molecule has 22 heavy (non-hydrogen) atoms. The van der Waals surface area contributed by atoms with E-state index in [-0.39, 0.29) is 10.8 Å². The highest BCUT2D eigenvalue weighted by atomic mass is 35.5. The highest BCUT2D eigenvalue weighted by Crippen LogP contribution is 2.24. The molecule has 0 bridgehead atoms. The minimum Gasteiger partial charge on any atom is -0.307 e. The van der Waals surface area contributed by atoms with E-state index in [0.717, 1.165) is 0 Å². The molecular weight excluding hydrogens is 347 g/mol. The van der Waals surface area contributed by atoms with Crippen molar-refractivity contribution in [2.24, 2.45) is 0 Å². The number of hydrogen-bond donors (Lipinski definition) is 2. The molecule has 0 aliphatic carbocycles. The Morgan fingerprint density at radius 1 is 1.00 bits per heavy atom. The number of rotatable bonds is 4. The number of halogens is 2. The fourth-order valence-corrected chi connectivity index (χ4v) is 3.04. The zero-order valence-electron chi connectivity index (χ0n) is 11.2. The summed E-state index contributed by atoms with van der Waals surface area (Å²) in [5.74, 6) is -0.289. The van der Waals surface area contributed by atoms with Gasteiger partial charge >= 0.3 is 6.03 Å². The van der Waals surface area contributed by atoms with Crippen molar-refractivity contribution < 1.29 is 13.2 Å². The van der Waals surface area contributed by atoms with Gasteiger partial charge in [-0.25, -0.2) is 17.9 Å². The Morgan fingerprint density at radius 2 is 1.68 bits per heavy atom. The van der Waals surface area contributed by atoms with Gasteiger partial charge in [0.15, 0.2) is 0 Å². The van der Waals surface area contributed by atoms with Crippen LogP contribution in [0.4, 0.5) is 10.5 Å². The van der Waals surface area contributed by atoms with Crippen LogP contribution in [0.1, 0.15) is 5.56 Å². The Balaban J connectivity index is 2.00. The van der Waals surface area contributed by atoms with Crippen LogP contribution in [0.2, 0.25) is 10.0 Å². The second-order valence-electron chi connectivity index (χ2n) is 4.43. The highest BCUT2D eigenvalue weighted by molar-refractivity contribution is 7.89. The van der Waals surface area contributed by atoms with E-state index < -0.39 is 16.1 Å². The molecule has 2 aromatic carbocycles. The maximum atomic E-state index is 11.9. The van der Waals surface area contributed by atoms with Crippen LogP contribution in [0.3, 0.4) is 0 Å². The number of urea groups is 1. The van der Waals surface area contributed by atoms with E-state index in [9.17, 15) is 13.2 Å². The largest absolute Gasteiger partial charge is 0.332 e. The third kappa shape index (κ3) is 4.91. The van der Waals surface area contributed by atoms with Crippen LogP contribution in [-0.2, 0) is 15.8 Å². The zero-order valence-corrected chi connectivity index (χ0v) is 13.5. The number of nitrogens with one attached hydrogen (secondary N) is 2. The summed E-state index contributed by atoms with van der Waals surface area (Å²) < 4.78 is 25.7. The molecule has 2 rings (SSSR count). The molecule has 5 nitrogen and oxygen atoms in total. The summed E-state index contributed by atoms with van der Waals surface area (Å²) in [6.45, 7) is 0. The quantitative estimate of drug-likeness (QED) is 0.875. The first-order chi connectivity index (χ1) is 10.4. The first-order valence-electron chi connectivity index (χ1n) is 6.16. The Kier molecular flexibility index (Phi) is 5.28. The summed E-state index contributed by atoms with van der Waals surface area (Å²) in [5.41, 5.74) is 0.916. The van der Waals surface area contributed by atoms with Gasteiger partial charge < -0.3 is 5.32 Å². The summed E-state index contributed by atoms with van der Waals surface area (Å²) in [5, 5.41) is 2.97. The Hall–Kier alpha value is -1.76. The van der Waals surface area contributed by atoms with Gasteiger partial charge in [-0.2, -0.15) is 0 Å². The van der Waals surface area contributed by atoms with Crippen molar-refractivity contribution in [2.75, 3.05) is 5.32 Å². The molecule has 0 aliphatic heterocycles. The van der Waals surface area contributed by atoms with Crippen molar-refractivity contribution in [1.82, 2.24) is 4.72 Å². The van der Waals surface area contributed by atoms with Gasteiger partial charge in [-0.3, -0.25) is 0 Å². The monoisotopic (exact) mass is 358 g/mol. The number of hydrogen-bond acceptors (Lipinski definition) is 3. The van der Waals surface area contributed by atoms with Crippen LogP contribution in [0.25, 0.3) is 0 Å². The van der Waals surface area contributed by atoms with E-state index in [1.807, 2.05) is 4.72 Å². The third-order valence-electron chi connectivity index (χ3n) is 2.63. The zero-order chi connectivity index (χ0) is 16.2. The molecule has 0 unspecified atom stereocenters. The second kappa shape index (κ2) is 7.00. The molecular formula is C14H12Cl2N2O3S. The number of carbonyl (C=O) groups excluding carboxylic acids is 1. The number of benzene rings is 2. The molecule has 0 radical (unpaired) electrons. The molecule has 0 atom stereocenters. The minimum absolute atomic E-state index is 0.256. The van der Waals surface area contributed by atoms with E-state index in [0.29, 0.717) is 16.3 Å². The predicted octanol–water partition coefficient (Wildman–Crippen LogP) is 3.64. The van der Waals surface area contributed by atoms with Crippen molar-refractivity contribution in [2.45, 2.75) is 5.75 Å². The normalized spacial score (nSPS) is 11.0. The maximum Gasteiger partial charge on any atom is 0.332 e. The van der Waals surface area contributed by atoms with Crippen LogP contribution < -0.4 is 10.0 Å². The molecule has 0 saturated carbocycles. The van der Waals surface area contributed by atoms with Crippen LogP contribution in [-0.4, -0.2) is 14.4 Å². The first-order valence-corrected chi connectivity index (χ1v) is 8.57. The van der Waals surface area contributed by atoms with Gasteiger partial charge in [0.25, 0.3) is 0 Å². The number of carbonyl (C=O) groups is 1. The Morgan fingerprint density at radius 3 is 2.32 bits per heavy atom. The molecule has 0 spiro atoms. The molecule has 2 amide bonds. The van der Waals surface area contributed by atoms with Crippen LogP contribution in [0, 0.1) is 0 Å². The highest BCUT2D eigenvalue weighted by Gasteiger charge is 2.15. The average Bonchev–Trinajstić information content (AvgIpc) is 2.42. The molecule has 0 aliphatic rings. The minimum atomic E-state index is -3.79. The number of sulfonamides is 1.